The molecule has 0 aliphatic carbocycles. The summed E-state index contributed by atoms with van der Waals surface area (Å²) >= 11 is 5.70. The molecule has 0 saturated heterocycles. The van der Waals surface area contributed by atoms with Gasteiger partial charge < -0.3 is 0 Å². The summed E-state index contributed by atoms with van der Waals surface area (Å²) in [7, 11) is 0. The third-order valence-electron chi connectivity index (χ3n) is 2.58. The van der Waals surface area contributed by atoms with Crippen LogP contribution in [0.2, 0.25) is 0 Å². The van der Waals surface area contributed by atoms with Gasteiger partial charge in [-0.1, -0.05) is 0 Å². The minimum atomic E-state index is -1.13. The van der Waals surface area contributed by atoms with Crippen LogP contribution < -0.4 is 5.30 Å². The van der Waals surface area contributed by atoms with E-state index in [-0.39, 0.29) is 0 Å². The molecule has 1 atom stereocenters. The Morgan fingerprint density at radius 1 is 1.25 bits per heavy atom. The van der Waals surface area contributed by atoms with Crippen LogP contribution in [0.3, 0.4) is 0 Å². The van der Waals surface area contributed by atoms with Gasteiger partial charge in [0.05, 0.1) is 0 Å². The van der Waals surface area contributed by atoms with Crippen molar-refractivity contribution in [3.63, 3.8) is 0 Å². The van der Waals surface area contributed by atoms with E-state index >= 15 is 0 Å². The van der Waals surface area contributed by atoms with Gasteiger partial charge in [-0.15, -0.1) is 0 Å². The molecule has 0 nitrogen and oxygen atoms in total. The van der Waals surface area contributed by atoms with E-state index < -0.39 is 4.71 Å². The third-order valence-corrected chi connectivity index (χ3v) is 15.4. The fourth-order valence-corrected chi connectivity index (χ4v) is 8.90. The molecule has 0 amide bonds. The summed E-state index contributed by atoms with van der Waals surface area (Å²) in [6, 6.07) is 11.0. The summed E-state index contributed by atoms with van der Waals surface area (Å²) in [6.45, 7) is 6.95. The Hall–Kier alpha value is 0.519. The average molecular weight is 319 g/mol. The second-order valence-corrected chi connectivity index (χ2v) is 15.3. The zero-order valence-electron chi connectivity index (χ0n) is 10.3. The molecule has 1 aromatic rings. The second-order valence-electron chi connectivity index (χ2n) is 4.21. The van der Waals surface area contributed by atoms with Gasteiger partial charge in [-0.05, 0) is 0 Å². The van der Waals surface area contributed by atoms with Crippen LogP contribution in [-0.4, -0.2) is 26.5 Å². The predicted octanol–water partition coefficient (Wildman–Crippen LogP) is 4.27. The molecule has 0 saturated carbocycles. The Morgan fingerprint density at radius 2 is 1.88 bits per heavy atom. The molecule has 0 aliphatic rings. The van der Waals surface area contributed by atoms with Crippen molar-refractivity contribution in [2.75, 3.05) is 5.75 Å². The van der Waals surface area contributed by atoms with E-state index in [2.05, 4.69) is 77.6 Å². The third kappa shape index (κ3) is 3.77. The first kappa shape index (κ1) is 14.6. The van der Waals surface area contributed by atoms with E-state index in [0.717, 1.165) is 5.66 Å². The summed E-state index contributed by atoms with van der Waals surface area (Å²) < 4.78 is -1.13. The average Bonchev–Trinajstić information content (AvgIpc) is 2.30. The van der Waals surface area contributed by atoms with Crippen molar-refractivity contribution in [2.24, 2.45) is 0 Å². The molecule has 0 bridgehead atoms. The molecule has 0 heterocycles. The molecule has 90 valence electrons. The standard InChI is InChI=1S/C13H21PSSe/c1-4-5-11-15-14(16,12(2)3)13-9-7-6-8-10-13/h6-10,12H,4-5,11H2,1-3H3/t14-/m0/s1. The molecule has 0 N–H and O–H groups in total. The molecular formula is C13H21PSSe. The molecule has 0 aliphatic heterocycles. The van der Waals surface area contributed by atoms with Crippen LogP contribution in [0, 0.1) is 0 Å². The Bertz CT molecular complexity index is 348. The zero-order chi connectivity index (χ0) is 12.0. The fourth-order valence-electron chi connectivity index (χ4n) is 1.50. The van der Waals surface area contributed by atoms with Crippen molar-refractivity contribution in [3.05, 3.63) is 30.3 Å². The van der Waals surface area contributed by atoms with Crippen LogP contribution in [0.15, 0.2) is 30.3 Å². The van der Waals surface area contributed by atoms with Gasteiger partial charge in [-0.25, -0.2) is 0 Å². The molecule has 16 heavy (non-hydrogen) atoms. The summed E-state index contributed by atoms with van der Waals surface area (Å²) in [5.41, 5.74) is 0.719. The molecule has 0 unspecified atom stereocenters. The number of benzene rings is 1. The molecule has 1 aromatic carbocycles. The van der Waals surface area contributed by atoms with Gasteiger partial charge >= 0.3 is 112 Å². The number of hydrogen-bond acceptors (Lipinski definition) is 1. The summed E-state index contributed by atoms with van der Waals surface area (Å²) in [5, 5.41) is 1.52. The van der Waals surface area contributed by atoms with Gasteiger partial charge in [0, 0.05) is 0 Å². The summed E-state index contributed by atoms with van der Waals surface area (Å²) in [4.78, 5) is 0. The van der Waals surface area contributed by atoms with Gasteiger partial charge in [0.2, 0.25) is 0 Å². The minimum absolute atomic E-state index is 0.719. The maximum atomic E-state index is 3.54. The van der Waals surface area contributed by atoms with E-state index in [0.29, 0.717) is 0 Å². The van der Waals surface area contributed by atoms with Gasteiger partial charge in [-0.2, -0.15) is 0 Å². The Balaban J connectivity index is 2.85. The monoisotopic (exact) mass is 320 g/mol. The van der Waals surface area contributed by atoms with Crippen LogP contribution >= 0.6 is 16.1 Å². The molecule has 0 aromatic heterocycles. The van der Waals surface area contributed by atoms with E-state index in [4.69, 9.17) is 0 Å². The number of hydrogen-bond donors (Lipinski definition) is 0. The van der Waals surface area contributed by atoms with E-state index in [1.807, 2.05) is 0 Å². The Labute approximate surface area is 112 Å². The van der Waals surface area contributed by atoms with Gasteiger partial charge in [0.25, 0.3) is 0 Å². The van der Waals surface area contributed by atoms with E-state index in [1.54, 1.807) is 0 Å². The normalized spacial score (nSPS) is 15.0. The maximum absolute atomic E-state index is 3.54. The second kappa shape index (κ2) is 7.07. The van der Waals surface area contributed by atoms with Crippen LogP contribution in [-0.2, 0) is 0 Å². The zero-order valence-corrected chi connectivity index (χ0v) is 13.8. The first-order valence-corrected chi connectivity index (χ1v) is 11.6. The number of unbranched alkanes of at least 4 members (excludes halogenated alkanes) is 1. The van der Waals surface area contributed by atoms with Crippen LogP contribution in [0.1, 0.15) is 33.6 Å². The predicted molar refractivity (Wildman–Crippen MR) is 81.3 cm³/mol. The van der Waals surface area contributed by atoms with Crippen molar-refractivity contribution < 1.29 is 0 Å². The van der Waals surface area contributed by atoms with E-state index in [1.165, 1.54) is 23.9 Å². The quantitative estimate of drug-likeness (QED) is 0.429. The first-order chi connectivity index (χ1) is 7.61. The van der Waals surface area contributed by atoms with Gasteiger partial charge in [0.1, 0.15) is 0 Å². The Kier molecular flexibility index (Phi) is 6.44. The van der Waals surface area contributed by atoms with E-state index in [9.17, 15) is 0 Å². The number of rotatable bonds is 6. The Morgan fingerprint density at radius 3 is 2.38 bits per heavy atom. The molecule has 1 rings (SSSR count). The topological polar surface area (TPSA) is 0 Å². The fraction of sp³-hybridized carbons (Fsp3) is 0.538. The van der Waals surface area contributed by atoms with Crippen molar-refractivity contribution >= 4 is 36.5 Å². The van der Waals surface area contributed by atoms with Crippen molar-refractivity contribution in [1.82, 2.24) is 0 Å². The van der Waals surface area contributed by atoms with Crippen molar-refractivity contribution in [3.8, 4) is 0 Å². The van der Waals surface area contributed by atoms with Crippen LogP contribution in [0.25, 0.3) is 0 Å². The molecule has 0 radical (unpaired) electrons. The molecule has 0 spiro atoms. The molecule has 3 heteroatoms. The molecule has 0 fully saturated rings. The molecular weight excluding hydrogens is 298 g/mol. The first-order valence-electron chi connectivity index (χ1n) is 5.91. The van der Waals surface area contributed by atoms with Crippen molar-refractivity contribution in [2.45, 2.75) is 39.3 Å². The van der Waals surface area contributed by atoms with Crippen LogP contribution in [0.5, 0.6) is 0 Å². The van der Waals surface area contributed by atoms with Gasteiger partial charge in [-0.3, -0.25) is 0 Å². The summed E-state index contributed by atoms with van der Waals surface area (Å²) in [5.74, 6) is 1.28. The summed E-state index contributed by atoms with van der Waals surface area (Å²) in [6.07, 6.45) is 2.62. The van der Waals surface area contributed by atoms with Crippen molar-refractivity contribution in [1.29, 1.82) is 0 Å². The SMILES string of the molecule is CCCCS[P@@](=[Se])(c1ccccc1)C(C)C. The van der Waals surface area contributed by atoms with Gasteiger partial charge in [0.15, 0.2) is 0 Å². The van der Waals surface area contributed by atoms with Crippen LogP contribution in [0.4, 0.5) is 0 Å².